The normalized spacial score (nSPS) is 12.0. The molecule has 12 aromatic carbocycles. The van der Waals surface area contributed by atoms with Crippen LogP contribution in [0.15, 0.2) is 255 Å². The average Bonchev–Trinajstić information content (AvgIpc) is 3.73. The SMILES string of the molecule is c1ccc(N(c2ccc3c(c2)-c2ccccc2-c2ccccc2N3c2ccccc2)c2ccc3c4ccccc4c4ccccc4c4ccccc4c4cc5c(cc4c3c2)sc2ccccc25)cc1. The molecule has 0 aliphatic carbocycles. The van der Waals surface area contributed by atoms with Crippen LogP contribution in [0.25, 0.3) is 96.3 Å². The van der Waals surface area contributed by atoms with Crippen molar-refractivity contribution in [3.8, 4) is 22.3 Å². The fraction of sp³-hybridized carbons (Fsp3) is 0. The highest BCUT2D eigenvalue weighted by Crippen LogP contribution is 2.53. The number of anilines is 6. The highest BCUT2D eigenvalue weighted by Gasteiger charge is 2.27. The van der Waals surface area contributed by atoms with Crippen molar-refractivity contribution in [3.63, 3.8) is 0 Å². The number of hydrogen-bond donors (Lipinski definition) is 0. The van der Waals surface area contributed by atoms with Crippen molar-refractivity contribution >= 4 is 119 Å². The van der Waals surface area contributed by atoms with E-state index in [2.05, 4.69) is 265 Å². The zero-order valence-electron chi connectivity index (χ0n) is 37.6. The predicted octanol–water partition coefficient (Wildman–Crippen LogP) is 19.5. The van der Waals surface area contributed by atoms with E-state index in [0.29, 0.717) is 0 Å². The Morgan fingerprint density at radius 2 is 0.696 bits per heavy atom. The van der Waals surface area contributed by atoms with Crippen molar-refractivity contribution in [1.82, 2.24) is 0 Å². The first-order valence-corrected chi connectivity index (χ1v) is 24.5. The van der Waals surface area contributed by atoms with Gasteiger partial charge in [0.1, 0.15) is 0 Å². The Morgan fingerprint density at radius 1 is 0.246 bits per heavy atom. The Morgan fingerprint density at radius 3 is 1.36 bits per heavy atom. The van der Waals surface area contributed by atoms with Gasteiger partial charge < -0.3 is 9.80 Å². The molecule has 1 aromatic heterocycles. The molecule has 0 spiro atoms. The van der Waals surface area contributed by atoms with Gasteiger partial charge in [0.25, 0.3) is 0 Å². The van der Waals surface area contributed by atoms with Crippen molar-refractivity contribution in [2.45, 2.75) is 0 Å². The molecule has 13 aromatic rings. The minimum atomic E-state index is 1.08. The molecule has 1 aliphatic rings. The second-order valence-electron chi connectivity index (χ2n) is 18.0. The maximum absolute atomic E-state index is 2.48. The van der Waals surface area contributed by atoms with Gasteiger partial charge in [-0.25, -0.2) is 0 Å². The molecular weight excluding hydrogens is 853 g/mol. The third-order valence-corrected chi connectivity index (χ3v) is 15.3. The second kappa shape index (κ2) is 16.0. The molecule has 0 saturated carbocycles. The lowest BCUT2D eigenvalue weighted by Gasteiger charge is -2.30. The second-order valence-corrected chi connectivity index (χ2v) is 19.0. The molecule has 0 atom stereocenters. The summed E-state index contributed by atoms with van der Waals surface area (Å²) in [5.41, 5.74) is 11.5. The maximum Gasteiger partial charge on any atom is 0.0542 e. The van der Waals surface area contributed by atoms with E-state index in [-0.39, 0.29) is 0 Å². The fourth-order valence-electron chi connectivity index (χ4n) is 11.1. The van der Waals surface area contributed by atoms with Crippen LogP contribution in [0.1, 0.15) is 0 Å². The van der Waals surface area contributed by atoms with Crippen LogP contribution in [0.4, 0.5) is 34.1 Å². The zero-order valence-corrected chi connectivity index (χ0v) is 38.4. The van der Waals surface area contributed by atoms with Crippen LogP contribution in [0.2, 0.25) is 0 Å². The van der Waals surface area contributed by atoms with Gasteiger partial charge in [-0.3, -0.25) is 0 Å². The van der Waals surface area contributed by atoms with Crippen molar-refractivity contribution in [2.24, 2.45) is 0 Å². The number of hydrogen-bond acceptors (Lipinski definition) is 3. The summed E-state index contributed by atoms with van der Waals surface area (Å²) in [6.07, 6.45) is 0. The van der Waals surface area contributed by atoms with Crippen LogP contribution in [0.3, 0.4) is 0 Å². The van der Waals surface area contributed by atoms with Gasteiger partial charge in [-0.2, -0.15) is 0 Å². The van der Waals surface area contributed by atoms with Gasteiger partial charge in [0.05, 0.1) is 11.4 Å². The lowest BCUT2D eigenvalue weighted by molar-refractivity contribution is 1.27. The molecule has 0 radical (unpaired) electrons. The Bertz CT molecular complexity index is 4270. The van der Waals surface area contributed by atoms with Gasteiger partial charge >= 0.3 is 0 Å². The number of fused-ring (bicyclic) bond motifs is 18. The molecule has 3 heteroatoms. The van der Waals surface area contributed by atoms with E-state index < -0.39 is 0 Å². The van der Waals surface area contributed by atoms with Crippen molar-refractivity contribution in [2.75, 3.05) is 9.80 Å². The van der Waals surface area contributed by atoms with Crippen LogP contribution < -0.4 is 9.80 Å². The lowest BCUT2D eigenvalue weighted by atomic mass is 9.93. The van der Waals surface area contributed by atoms with Gasteiger partial charge in [-0.1, -0.05) is 176 Å². The molecule has 2 heterocycles. The van der Waals surface area contributed by atoms with Crippen molar-refractivity contribution in [3.05, 3.63) is 255 Å². The molecule has 0 unspecified atom stereocenters. The van der Waals surface area contributed by atoms with Crippen LogP contribution in [0, 0.1) is 0 Å². The van der Waals surface area contributed by atoms with E-state index >= 15 is 0 Å². The molecule has 0 fully saturated rings. The summed E-state index contributed by atoms with van der Waals surface area (Å²) in [6, 6.07) is 94.3. The predicted molar refractivity (Wildman–Crippen MR) is 298 cm³/mol. The van der Waals surface area contributed by atoms with Gasteiger partial charge in [0, 0.05) is 54.0 Å². The van der Waals surface area contributed by atoms with Crippen molar-refractivity contribution in [1.29, 1.82) is 0 Å². The van der Waals surface area contributed by atoms with Crippen LogP contribution in [-0.2, 0) is 0 Å². The molecule has 322 valence electrons. The summed E-state index contributed by atoms with van der Waals surface area (Å²) in [4.78, 5) is 4.87. The van der Waals surface area contributed by atoms with Gasteiger partial charge in [-0.15, -0.1) is 11.3 Å². The van der Waals surface area contributed by atoms with Gasteiger partial charge in [0.15, 0.2) is 0 Å². The Labute approximate surface area is 404 Å². The van der Waals surface area contributed by atoms with Gasteiger partial charge in [0.2, 0.25) is 0 Å². The maximum atomic E-state index is 2.48. The summed E-state index contributed by atoms with van der Waals surface area (Å²) in [5, 5.41) is 14.7. The first-order valence-electron chi connectivity index (χ1n) is 23.7. The molecule has 0 saturated heterocycles. The molecule has 0 N–H and O–H groups in total. The standard InChI is InChI=1S/C66H42N2S/c1-3-19-43(20-4-1)67(46-36-38-64-61(40-46)54-30-14-12-28-52(54)56-31-15-17-33-63(56)68(64)44-21-5-2-6-22-44)45-35-37-55-51-27-10-9-25-49(51)47-23-7-8-24-48(47)50-26-11-13-29-53(50)59-41-62-57-32-16-18-34-65(57)69-66(62)42-60(59)58(55)39-45/h1-42H. The molecule has 0 bridgehead atoms. The monoisotopic (exact) mass is 894 g/mol. The molecule has 1 aliphatic heterocycles. The molecule has 69 heavy (non-hydrogen) atoms. The third kappa shape index (κ3) is 6.32. The summed E-state index contributed by atoms with van der Waals surface area (Å²) in [5.74, 6) is 0. The van der Waals surface area contributed by atoms with Gasteiger partial charge in [-0.05, 0) is 144 Å². The highest BCUT2D eigenvalue weighted by molar-refractivity contribution is 7.25. The van der Waals surface area contributed by atoms with E-state index in [0.717, 1.165) is 34.1 Å². The van der Waals surface area contributed by atoms with Crippen LogP contribution in [0.5, 0.6) is 0 Å². The first-order chi connectivity index (χ1) is 34.2. The largest absolute Gasteiger partial charge is 0.310 e. The van der Waals surface area contributed by atoms with E-state index in [1.165, 1.54) is 96.3 Å². The number of benzene rings is 11. The van der Waals surface area contributed by atoms with Crippen LogP contribution >= 0.6 is 11.3 Å². The summed E-state index contributed by atoms with van der Waals surface area (Å²) < 4.78 is 2.58. The average molecular weight is 895 g/mol. The fourth-order valence-corrected chi connectivity index (χ4v) is 12.3. The van der Waals surface area contributed by atoms with E-state index in [4.69, 9.17) is 0 Å². The van der Waals surface area contributed by atoms with E-state index in [1.807, 2.05) is 11.3 Å². The molecular formula is C66H42N2S. The Hall–Kier alpha value is -8.76. The highest BCUT2D eigenvalue weighted by atomic mass is 32.1. The van der Waals surface area contributed by atoms with Crippen LogP contribution in [-0.4, -0.2) is 0 Å². The number of thiophene rings is 1. The molecule has 14 rings (SSSR count). The number of para-hydroxylation sites is 3. The zero-order chi connectivity index (χ0) is 45.4. The lowest BCUT2D eigenvalue weighted by Crippen LogP contribution is -2.13. The number of rotatable bonds is 4. The third-order valence-electron chi connectivity index (χ3n) is 14.2. The topological polar surface area (TPSA) is 6.48 Å². The summed E-state index contributed by atoms with van der Waals surface area (Å²) in [7, 11) is 0. The Balaban J connectivity index is 1.11. The van der Waals surface area contributed by atoms with Crippen molar-refractivity contribution < 1.29 is 0 Å². The summed E-state index contributed by atoms with van der Waals surface area (Å²) >= 11 is 1.88. The minimum Gasteiger partial charge on any atom is -0.310 e. The molecule has 2 nitrogen and oxygen atoms in total. The van der Waals surface area contributed by atoms with E-state index in [9.17, 15) is 0 Å². The minimum absolute atomic E-state index is 1.08. The summed E-state index contributed by atoms with van der Waals surface area (Å²) in [6.45, 7) is 0. The Kier molecular flexibility index (Phi) is 9.11. The number of nitrogens with zero attached hydrogens (tertiary/aromatic N) is 2. The first kappa shape index (κ1) is 39.4. The van der Waals surface area contributed by atoms with E-state index in [1.54, 1.807) is 0 Å². The molecule has 0 amide bonds. The quantitative estimate of drug-likeness (QED) is 0.174. The smallest absolute Gasteiger partial charge is 0.0542 e.